The number of hydrogen-bond acceptors (Lipinski definition) is 7. The largest absolute Gasteiger partial charge is 0.508 e. The summed E-state index contributed by atoms with van der Waals surface area (Å²) >= 11 is 0. The Balaban J connectivity index is 1.27. The molecule has 0 radical (unpaired) electrons. The molecular formula is C36H37F2N5O2. The number of ether oxygens (including phenoxy) is 1. The topological polar surface area (TPSA) is 73.8 Å². The lowest BCUT2D eigenvalue weighted by Gasteiger charge is -2.44. The van der Waals surface area contributed by atoms with Crippen LogP contribution in [0.1, 0.15) is 50.5 Å². The molecule has 4 atom stereocenters. The lowest BCUT2D eigenvalue weighted by atomic mass is 9.76. The molecule has 7 nitrogen and oxygen atoms in total. The number of anilines is 1. The van der Waals surface area contributed by atoms with Crippen molar-refractivity contribution in [2.24, 2.45) is 5.41 Å². The van der Waals surface area contributed by atoms with Gasteiger partial charge in [0.25, 0.3) is 0 Å². The molecule has 9 heteroatoms. The number of aromatic hydroxyl groups is 1. The lowest BCUT2D eigenvalue weighted by molar-refractivity contribution is 0.0133. The zero-order chi connectivity index (χ0) is 30.9. The van der Waals surface area contributed by atoms with E-state index in [2.05, 4.69) is 28.1 Å². The number of hydrogen-bond donors (Lipinski definition) is 2. The van der Waals surface area contributed by atoms with Gasteiger partial charge in [-0.3, -0.25) is 0 Å². The highest BCUT2D eigenvalue weighted by molar-refractivity contribution is 6.04. The fourth-order valence-corrected chi connectivity index (χ4v) is 8.77. The van der Waals surface area contributed by atoms with Crippen LogP contribution in [-0.4, -0.2) is 71.4 Å². The quantitative estimate of drug-likeness (QED) is 0.269. The minimum Gasteiger partial charge on any atom is -0.508 e. The summed E-state index contributed by atoms with van der Waals surface area (Å²) in [6, 6.07) is 10.6. The molecule has 0 unspecified atom stereocenters. The van der Waals surface area contributed by atoms with Crippen molar-refractivity contribution in [3.05, 3.63) is 53.6 Å². The van der Waals surface area contributed by atoms with E-state index in [1.165, 1.54) is 30.7 Å². The number of aromatic nitrogens is 2. The molecule has 3 aromatic carbocycles. The second kappa shape index (κ2) is 10.8. The van der Waals surface area contributed by atoms with Gasteiger partial charge in [0.15, 0.2) is 5.82 Å². The predicted molar refractivity (Wildman–Crippen MR) is 172 cm³/mol. The van der Waals surface area contributed by atoms with Gasteiger partial charge in [0.05, 0.1) is 12.2 Å². The second-order valence-electron chi connectivity index (χ2n) is 13.5. The minimum absolute atomic E-state index is 0.0218. The smallest absolute Gasteiger partial charge is 0.319 e. The number of piperidine rings is 1. The molecule has 3 saturated heterocycles. The highest BCUT2D eigenvalue weighted by atomic mass is 19.1. The van der Waals surface area contributed by atoms with Crippen molar-refractivity contribution < 1.29 is 18.6 Å². The van der Waals surface area contributed by atoms with Crippen molar-refractivity contribution in [3.8, 4) is 35.2 Å². The number of nitrogens with one attached hydrogen (secondary N) is 1. The Morgan fingerprint density at radius 2 is 1.84 bits per heavy atom. The van der Waals surface area contributed by atoms with Gasteiger partial charge in [-0.25, -0.2) is 8.78 Å². The number of nitrogens with zero attached hydrogens (tertiary/aromatic N) is 4. The molecule has 3 aliphatic heterocycles. The van der Waals surface area contributed by atoms with Crippen LogP contribution < -0.4 is 15.0 Å². The van der Waals surface area contributed by atoms with Crippen LogP contribution in [0.4, 0.5) is 14.6 Å². The van der Waals surface area contributed by atoms with Gasteiger partial charge < -0.3 is 25.0 Å². The van der Waals surface area contributed by atoms with Gasteiger partial charge in [-0.05, 0) is 87.3 Å². The molecular weight excluding hydrogens is 572 g/mol. The third-order valence-electron chi connectivity index (χ3n) is 10.8. The van der Waals surface area contributed by atoms with Gasteiger partial charge in [-0.15, -0.1) is 6.42 Å². The van der Waals surface area contributed by atoms with E-state index < -0.39 is 11.6 Å². The number of likely N-dealkylation sites (tertiary alicyclic amines) is 1. The summed E-state index contributed by atoms with van der Waals surface area (Å²) in [4.78, 5) is 14.3. The van der Waals surface area contributed by atoms with Crippen LogP contribution in [0.15, 0.2) is 36.4 Å². The number of phenols is 1. The minimum atomic E-state index is -0.590. The maximum Gasteiger partial charge on any atom is 0.319 e. The average Bonchev–Trinajstić information content (AvgIpc) is 3.63. The molecule has 8 rings (SSSR count). The summed E-state index contributed by atoms with van der Waals surface area (Å²) in [5, 5.41) is 15.7. The number of phenolic OH excluding ortho intramolecular Hbond substituents is 1. The fourth-order valence-electron chi connectivity index (χ4n) is 8.77. The molecule has 4 fully saturated rings. The molecule has 4 aliphatic rings. The fraction of sp³-hybridized carbons (Fsp3) is 0.444. The number of halogens is 2. The van der Waals surface area contributed by atoms with Crippen molar-refractivity contribution in [1.82, 2.24) is 20.2 Å². The Labute approximate surface area is 261 Å². The normalized spacial score (nSPS) is 26.4. The Bertz CT molecular complexity index is 1860. The number of fused-ring (bicyclic) bond motifs is 5. The average molecular weight is 610 g/mol. The number of piperazine rings is 1. The maximum atomic E-state index is 16.9. The third-order valence-corrected chi connectivity index (χ3v) is 10.8. The molecule has 4 heterocycles. The molecule has 45 heavy (non-hydrogen) atoms. The van der Waals surface area contributed by atoms with Crippen molar-refractivity contribution in [1.29, 1.82) is 0 Å². The number of terminal acetylenes is 1. The Morgan fingerprint density at radius 1 is 1.04 bits per heavy atom. The van der Waals surface area contributed by atoms with E-state index >= 15 is 4.39 Å². The monoisotopic (exact) mass is 609 g/mol. The molecule has 0 amide bonds. The van der Waals surface area contributed by atoms with E-state index in [4.69, 9.17) is 21.1 Å². The molecule has 1 aliphatic carbocycles. The van der Waals surface area contributed by atoms with E-state index in [9.17, 15) is 9.50 Å². The Kier molecular flexibility index (Phi) is 6.84. The van der Waals surface area contributed by atoms with Crippen LogP contribution in [0.3, 0.4) is 0 Å². The summed E-state index contributed by atoms with van der Waals surface area (Å²) in [5.41, 5.74) is 0.668. The van der Waals surface area contributed by atoms with Crippen LogP contribution in [-0.2, 0) is 0 Å². The zero-order valence-electron chi connectivity index (χ0n) is 25.5. The standard InChI is InChI=1S/C36H37F2N5O2/c1-3-25-29(37)12-7-21-16-24(44)17-28(31(21)25)26-10-11-27-33(32(26)38)40-35(41-34(27)43-18-22-8-9-23(19-43)39-22)45-20-36-13-4-6-30(36)42(2)15-5-14-36/h1,7,10-12,16-17,22-23,30,39,44H,4-6,8-9,13-15,18-20H2,2H3/t22-,23+,30-,36-/m1/s1. The molecule has 4 aromatic rings. The zero-order valence-corrected chi connectivity index (χ0v) is 25.5. The molecule has 0 spiro atoms. The van der Waals surface area contributed by atoms with E-state index in [1.807, 2.05) is 6.07 Å². The summed E-state index contributed by atoms with van der Waals surface area (Å²) in [6.07, 6.45) is 13.6. The highest BCUT2D eigenvalue weighted by Gasteiger charge is 2.47. The van der Waals surface area contributed by atoms with E-state index in [0.29, 0.717) is 52.3 Å². The van der Waals surface area contributed by atoms with E-state index in [-0.39, 0.29) is 33.8 Å². The van der Waals surface area contributed by atoms with Crippen LogP contribution in [0, 0.1) is 29.4 Å². The van der Waals surface area contributed by atoms with Crippen molar-refractivity contribution in [2.45, 2.75) is 63.1 Å². The van der Waals surface area contributed by atoms with Crippen LogP contribution in [0.25, 0.3) is 32.8 Å². The first kappa shape index (κ1) is 28.5. The Hall–Kier alpha value is -4.00. The van der Waals surface area contributed by atoms with Gasteiger partial charge in [0.1, 0.15) is 22.9 Å². The molecule has 232 valence electrons. The first-order chi connectivity index (χ1) is 21.8. The number of rotatable bonds is 5. The summed E-state index contributed by atoms with van der Waals surface area (Å²) in [6.45, 7) is 3.12. The second-order valence-corrected chi connectivity index (χ2v) is 13.5. The highest BCUT2D eigenvalue weighted by Crippen LogP contribution is 2.48. The maximum absolute atomic E-state index is 16.9. The van der Waals surface area contributed by atoms with Crippen molar-refractivity contribution >= 4 is 27.5 Å². The van der Waals surface area contributed by atoms with Crippen molar-refractivity contribution in [3.63, 3.8) is 0 Å². The SMILES string of the molecule is C#Cc1c(F)ccc2cc(O)cc(-c3ccc4c(N5C[C@H]6CC[C@@H](C5)N6)nc(OC[C@]56CCC[C@H]5N(C)CCC6)nc4c3F)c12. The molecule has 2 bridgehead atoms. The predicted octanol–water partition coefficient (Wildman–Crippen LogP) is 6.00. The van der Waals surface area contributed by atoms with E-state index in [1.54, 1.807) is 6.07 Å². The lowest BCUT2D eigenvalue weighted by Crippen LogP contribution is -2.51. The van der Waals surface area contributed by atoms with E-state index in [0.717, 1.165) is 58.2 Å². The first-order valence-corrected chi connectivity index (χ1v) is 16.1. The summed E-state index contributed by atoms with van der Waals surface area (Å²) in [5.74, 6) is 1.85. The van der Waals surface area contributed by atoms with Gasteiger partial charge in [-0.1, -0.05) is 24.5 Å². The molecule has 2 N–H and O–H groups in total. The van der Waals surface area contributed by atoms with Crippen LogP contribution in [0.2, 0.25) is 0 Å². The first-order valence-electron chi connectivity index (χ1n) is 16.1. The van der Waals surface area contributed by atoms with Crippen LogP contribution >= 0.6 is 0 Å². The number of benzene rings is 3. The van der Waals surface area contributed by atoms with Gasteiger partial charge >= 0.3 is 6.01 Å². The summed E-state index contributed by atoms with van der Waals surface area (Å²) in [7, 11) is 2.20. The molecule has 1 saturated carbocycles. The third kappa shape index (κ3) is 4.69. The van der Waals surface area contributed by atoms with Gasteiger partial charge in [-0.2, -0.15) is 9.97 Å². The van der Waals surface area contributed by atoms with Crippen LogP contribution in [0.5, 0.6) is 11.8 Å². The molecule has 1 aromatic heterocycles. The Morgan fingerprint density at radius 3 is 2.64 bits per heavy atom. The van der Waals surface area contributed by atoms with Gasteiger partial charge in [0, 0.05) is 53.0 Å². The van der Waals surface area contributed by atoms with Crippen molar-refractivity contribution in [2.75, 3.05) is 38.2 Å². The van der Waals surface area contributed by atoms with Gasteiger partial charge in [0.2, 0.25) is 0 Å². The summed E-state index contributed by atoms with van der Waals surface area (Å²) < 4.78 is 38.2.